The van der Waals surface area contributed by atoms with Crippen molar-refractivity contribution >= 4 is 59.8 Å². The lowest BCUT2D eigenvalue weighted by atomic mass is 10.0. The predicted molar refractivity (Wildman–Crippen MR) is 131 cm³/mol. The maximum absolute atomic E-state index is 12.9. The standard InChI is InChI=1S/C19H36N4O5S3/c1-11(2)9-15(19(27)28)23-18(26)14(6-8-31-4)22-17(25)13(5-7-30-3)21-16(24)12(20)10-29/h11-15,29H,5-10,20H2,1-4H3,(H,21,24)(H,22,25)(H,23,26)(H,27,28). The molecular formula is C19H36N4O5S3. The number of carbonyl (C=O) groups is 4. The fourth-order valence-electron chi connectivity index (χ4n) is 2.61. The first-order valence-electron chi connectivity index (χ1n) is 10.1. The summed E-state index contributed by atoms with van der Waals surface area (Å²) in [5.74, 6) is -1.27. The Kier molecular flexibility index (Phi) is 15.9. The fraction of sp³-hybridized carbons (Fsp3) is 0.789. The van der Waals surface area contributed by atoms with Crippen molar-refractivity contribution in [3.8, 4) is 0 Å². The third-order valence-corrected chi connectivity index (χ3v) is 6.02. The van der Waals surface area contributed by atoms with E-state index in [9.17, 15) is 24.3 Å². The normalized spacial score (nSPS) is 14.9. The third-order valence-electron chi connectivity index (χ3n) is 4.34. The molecule has 0 aliphatic rings. The van der Waals surface area contributed by atoms with Crippen LogP contribution in [-0.2, 0) is 19.2 Å². The van der Waals surface area contributed by atoms with Gasteiger partial charge in [0.2, 0.25) is 17.7 Å². The Morgan fingerprint density at radius 2 is 1.29 bits per heavy atom. The summed E-state index contributed by atoms with van der Waals surface area (Å²) >= 11 is 7.02. The number of hydrogen-bond acceptors (Lipinski definition) is 8. The predicted octanol–water partition coefficient (Wildman–Crippen LogP) is 0.335. The van der Waals surface area contributed by atoms with Crippen LogP contribution in [0.1, 0.15) is 33.1 Å². The van der Waals surface area contributed by atoms with Crippen molar-refractivity contribution in [2.45, 2.75) is 57.3 Å². The van der Waals surface area contributed by atoms with Crippen LogP contribution in [0.25, 0.3) is 0 Å². The number of carbonyl (C=O) groups excluding carboxylic acids is 3. The quantitative estimate of drug-likeness (QED) is 0.167. The molecule has 0 fully saturated rings. The number of thiol groups is 1. The van der Waals surface area contributed by atoms with E-state index in [0.29, 0.717) is 24.3 Å². The number of aliphatic carboxylic acids is 1. The van der Waals surface area contributed by atoms with E-state index >= 15 is 0 Å². The molecular weight excluding hydrogens is 460 g/mol. The van der Waals surface area contributed by atoms with Gasteiger partial charge in [-0.05, 0) is 49.2 Å². The van der Waals surface area contributed by atoms with Gasteiger partial charge in [-0.2, -0.15) is 36.2 Å². The van der Waals surface area contributed by atoms with Crippen molar-refractivity contribution in [2.75, 3.05) is 29.8 Å². The van der Waals surface area contributed by atoms with Gasteiger partial charge in [-0.25, -0.2) is 4.79 Å². The van der Waals surface area contributed by atoms with Gasteiger partial charge in [0, 0.05) is 5.75 Å². The molecule has 4 unspecified atom stereocenters. The first kappa shape index (κ1) is 29.9. The van der Waals surface area contributed by atoms with E-state index in [1.807, 2.05) is 26.4 Å². The van der Waals surface area contributed by atoms with Gasteiger partial charge in [0.25, 0.3) is 0 Å². The molecule has 0 radical (unpaired) electrons. The molecule has 0 aromatic carbocycles. The molecule has 0 aliphatic heterocycles. The van der Waals surface area contributed by atoms with Crippen LogP contribution in [0.15, 0.2) is 0 Å². The number of hydrogen-bond donors (Lipinski definition) is 6. The van der Waals surface area contributed by atoms with Gasteiger partial charge in [-0.1, -0.05) is 13.8 Å². The number of carboxylic acid groups (broad SMARTS) is 1. The lowest BCUT2D eigenvalue weighted by molar-refractivity contribution is -0.142. The second kappa shape index (κ2) is 16.5. The number of nitrogens with two attached hydrogens (primary N) is 1. The molecule has 0 heterocycles. The zero-order chi connectivity index (χ0) is 24.0. The summed E-state index contributed by atoms with van der Waals surface area (Å²) in [7, 11) is 0. The Balaban J connectivity index is 5.36. The Hall–Kier alpha value is -1.11. The summed E-state index contributed by atoms with van der Waals surface area (Å²) in [5.41, 5.74) is 5.68. The Bertz CT molecular complexity index is 595. The fourth-order valence-corrected chi connectivity index (χ4v) is 3.72. The molecule has 0 saturated heterocycles. The van der Waals surface area contributed by atoms with Crippen molar-refractivity contribution in [3.05, 3.63) is 0 Å². The molecule has 12 heteroatoms. The van der Waals surface area contributed by atoms with Gasteiger partial charge in [-0.15, -0.1) is 0 Å². The van der Waals surface area contributed by atoms with Crippen LogP contribution in [0.3, 0.4) is 0 Å². The summed E-state index contributed by atoms with van der Waals surface area (Å²) in [4.78, 5) is 49.3. The molecule has 6 N–H and O–H groups in total. The molecule has 0 spiro atoms. The van der Waals surface area contributed by atoms with Crippen molar-refractivity contribution in [2.24, 2.45) is 11.7 Å². The van der Waals surface area contributed by atoms with Crippen LogP contribution in [0.5, 0.6) is 0 Å². The highest BCUT2D eigenvalue weighted by atomic mass is 32.2. The second-order valence-electron chi connectivity index (χ2n) is 7.50. The first-order chi connectivity index (χ1) is 14.6. The first-order valence-corrected chi connectivity index (χ1v) is 13.5. The molecule has 0 aliphatic carbocycles. The number of thioether (sulfide) groups is 2. The number of carboxylic acids is 1. The van der Waals surface area contributed by atoms with E-state index in [4.69, 9.17) is 5.73 Å². The molecule has 4 atom stereocenters. The molecule has 9 nitrogen and oxygen atoms in total. The minimum Gasteiger partial charge on any atom is -0.480 e. The highest BCUT2D eigenvalue weighted by Gasteiger charge is 2.30. The summed E-state index contributed by atoms with van der Waals surface area (Å²) < 4.78 is 0. The van der Waals surface area contributed by atoms with Crippen LogP contribution >= 0.6 is 36.2 Å². The highest BCUT2D eigenvalue weighted by Crippen LogP contribution is 2.08. The largest absolute Gasteiger partial charge is 0.480 e. The monoisotopic (exact) mass is 496 g/mol. The van der Waals surface area contributed by atoms with Gasteiger partial charge in [0.15, 0.2) is 0 Å². The molecule has 0 rings (SSSR count). The molecule has 0 bridgehead atoms. The van der Waals surface area contributed by atoms with Crippen molar-refractivity contribution in [1.29, 1.82) is 0 Å². The van der Waals surface area contributed by atoms with Crippen molar-refractivity contribution in [1.82, 2.24) is 16.0 Å². The van der Waals surface area contributed by atoms with Crippen LogP contribution in [0.2, 0.25) is 0 Å². The smallest absolute Gasteiger partial charge is 0.326 e. The van der Waals surface area contributed by atoms with E-state index < -0.39 is 47.9 Å². The maximum atomic E-state index is 12.9. The summed E-state index contributed by atoms with van der Waals surface area (Å²) in [6.07, 6.45) is 4.71. The van der Waals surface area contributed by atoms with Crippen molar-refractivity contribution < 1.29 is 24.3 Å². The number of nitrogens with one attached hydrogen (secondary N) is 3. The Morgan fingerprint density at radius 3 is 1.65 bits per heavy atom. The SMILES string of the molecule is CSCCC(NC(=O)C(N)CS)C(=O)NC(CCSC)C(=O)NC(CC(C)C)C(=O)O. The minimum absolute atomic E-state index is 0.0721. The van der Waals surface area contributed by atoms with E-state index in [2.05, 4.69) is 28.6 Å². The molecule has 0 aromatic rings. The maximum Gasteiger partial charge on any atom is 0.326 e. The Morgan fingerprint density at radius 1 is 0.871 bits per heavy atom. The lowest BCUT2D eigenvalue weighted by Crippen LogP contribution is -2.57. The molecule has 3 amide bonds. The average Bonchev–Trinajstić information content (AvgIpc) is 2.71. The van der Waals surface area contributed by atoms with Gasteiger partial charge in [0.05, 0.1) is 6.04 Å². The van der Waals surface area contributed by atoms with E-state index in [1.54, 1.807) is 0 Å². The number of amides is 3. The molecule has 0 aromatic heterocycles. The third kappa shape index (κ3) is 12.5. The second-order valence-corrected chi connectivity index (χ2v) is 9.84. The molecule has 0 saturated carbocycles. The topological polar surface area (TPSA) is 151 Å². The zero-order valence-electron chi connectivity index (χ0n) is 18.6. The average molecular weight is 497 g/mol. The van der Waals surface area contributed by atoms with E-state index in [-0.39, 0.29) is 18.1 Å². The highest BCUT2D eigenvalue weighted by molar-refractivity contribution is 7.98. The zero-order valence-corrected chi connectivity index (χ0v) is 21.1. The molecule has 180 valence electrons. The lowest BCUT2D eigenvalue weighted by Gasteiger charge is -2.25. The Labute approximate surface area is 198 Å². The van der Waals surface area contributed by atoms with Gasteiger partial charge >= 0.3 is 5.97 Å². The van der Waals surface area contributed by atoms with Gasteiger partial charge in [-0.3, -0.25) is 14.4 Å². The van der Waals surface area contributed by atoms with Crippen LogP contribution in [0, 0.1) is 5.92 Å². The van der Waals surface area contributed by atoms with E-state index in [1.165, 1.54) is 23.5 Å². The molecule has 31 heavy (non-hydrogen) atoms. The van der Waals surface area contributed by atoms with Gasteiger partial charge < -0.3 is 26.8 Å². The minimum atomic E-state index is -1.12. The van der Waals surface area contributed by atoms with Crippen LogP contribution < -0.4 is 21.7 Å². The number of rotatable bonds is 16. The van der Waals surface area contributed by atoms with Gasteiger partial charge in [0.1, 0.15) is 18.1 Å². The summed E-state index contributed by atoms with van der Waals surface area (Å²) in [6, 6.07) is -3.67. The summed E-state index contributed by atoms with van der Waals surface area (Å²) in [6.45, 7) is 3.73. The van der Waals surface area contributed by atoms with E-state index in [0.717, 1.165) is 0 Å². The van der Waals surface area contributed by atoms with Crippen molar-refractivity contribution in [3.63, 3.8) is 0 Å². The summed E-state index contributed by atoms with van der Waals surface area (Å²) in [5, 5.41) is 17.2. The van der Waals surface area contributed by atoms with Crippen LogP contribution in [-0.4, -0.2) is 82.7 Å². The van der Waals surface area contributed by atoms with Crippen LogP contribution in [0.4, 0.5) is 0 Å².